The quantitative estimate of drug-likeness (QED) is 0.131. The molecule has 1 fully saturated rings. The number of β-amino-alcohol motifs (C(OH)–C–C–N with tert-alkyl or cyclic N) is 1. The van der Waals surface area contributed by atoms with Gasteiger partial charge in [-0.1, -0.05) is 0 Å². The van der Waals surface area contributed by atoms with E-state index in [-0.39, 0.29) is 13.0 Å². The second-order valence-corrected chi connectivity index (χ2v) is 14.3. The third-order valence-corrected chi connectivity index (χ3v) is 10.1. The Bertz CT molecular complexity index is 1370. The van der Waals surface area contributed by atoms with Crippen molar-refractivity contribution in [2.75, 3.05) is 34.0 Å². The summed E-state index contributed by atoms with van der Waals surface area (Å²) in [5, 5.41) is 10.2. The van der Waals surface area contributed by atoms with E-state index in [2.05, 4.69) is 4.74 Å². The predicted octanol–water partition coefficient (Wildman–Crippen LogP) is 6.40. The van der Waals surface area contributed by atoms with Crippen molar-refractivity contribution in [1.82, 2.24) is 0 Å². The van der Waals surface area contributed by atoms with Crippen LogP contribution < -0.4 is 14.5 Å². The van der Waals surface area contributed by atoms with Crippen LogP contribution in [0.5, 0.6) is 5.75 Å². The van der Waals surface area contributed by atoms with E-state index in [4.69, 9.17) is 0 Å². The molecule has 5 nitrogen and oxygen atoms in total. The van der Waals surface area contributed by atoms with Crippen LogP contribution in [0.3, 0.4) is 0 Å². The monoisotopic (exact) mass is 680 g/mol. The molecule has 3 aromatic carbocycles. The number of hydrogen-bond acceptors (Lipinski definition) is 5. The Hall–Kier alpha value is -2.71. The van der Waals surface area contributed by atoms with Crippen LogP contribution in [0.4, 0.5) is 37.7 Å². The number of nitrogens with zero attached hydrogens (tertiary/aromatic N) is 2. The Morgan fingerprint density at radius 1 is 0.900 bits per heavy atom. The number of fused-ring (bicyclic) bond motifs is 1. The number of para-hydroxylation sites is 1. The number of ether oxygens (including phenoxy) is 1. The van der Waals surface area contributed by atoms with Gasteiger partial charge < -0.3 is 0 Å². The first-order valence-corrected chi connectivity index (χ1v) is 15.9. The van der Waals surface area contributed by atoms with Gasteiger partial charge in [0.1, 0.15) is 0 Å². The zero-order valence-corrected chi connectivity index (χ0v) is 23.5. The van der Waals surface area contributed by atoms with Gasteiger partial charge in [-0.25, -0.2) is 0 Å². The van der Waals surface area contributed by atoms with Crippen LogP contribution in [0.2, 0.25) is 0 Å². The average molecular weight is 680 g/mol. The number of rotatable bonds is 7. The molecule has 0 aliphatic carbocycles. The first-order chi connectivity index (χ1) is 18.7. The molecule has 0 spiro atoms. The van der Waals surface area contributed by atoms with Crippen molar-refractivity contribution in [1.29, 1.82) is 0 Å². The number of hydrogen-bond donors (Lipinski definition) is 2. The van der Waals surface area contributed by atoms with Crippen molar-refractivity contribution in [3.63, 3.8) is 0 Å². The number of aliphatic hydroxyl groups is 1. The summed E-state index contributed by atoms with van der Waals surface area (Å²) in [6, 6.07) is 19.9. The summed E-state index contributed by atoms with van der Waals surface area (Å²) in [6.07, 6.45) is -4.65. The van der Waals surface area contributed by atoms with E-state index in [1.807, 2.05) is 29.2 Å². The van der Waals surface area contributed by atoms with Crippen LogP contribution in [0.1, 0.15) is 23.6 Å². The fourth-order valence-electron chi connectivity index (χ4n) is 5.62. The van der Waals surface area contributed by atoms with Gasteiger partial charge in [0.2, 0.25) is 0 Å². The zero-order valence-electron chi connectivity index (χ0n) is 21.3. The summed E-state index contributed by atoms with van der Waals surface area (Å²) in [6.45, 7) is 2.64. The molecule has 40 heavy (non-hydrogen) atoms. The van der Waals surface area contributed by atoms with Crippen LogP contribution >= 0.6 is 20.2 Å². The molecule has 0 aromatic heterocycles. The van der Waals surface area contributed by atoms with Crippen LogP contribution in [-0.2, 0) is 11.8 Å². The van der Waals surface area contributed by atoms with Gasteiger partial charge in [-0.05, 0) is 0 Å². The molecule has 2 aliphatic heterocycles. The normalized spacial score (nSPS) is 20.7. The average Bonchev–Trinajstić information content (AvgIpc) is 3.15. The van der Waals surface area contributed by atoms with E-state index in [9.17, 15) is 34.9 Å². The van der Waals surface area contributed by atoms with E-state index in [1.165, 1.54) is 23.1 Å². The number of anilines is 2. The van der Waals surface area contributed by atoms with Crippen LogP contribution in [0.25, 0.3) is 0 Å². The summed E-state index contributed by atoms with van der Waals surface area (Å²) in [7, 11) is 0. The molecule has 2 aliphatic rings. The molecule has 2 heterocycles. The van der Waals surface area contributed by atoms with Gasteiger partial charge in [0, 0.05) is 0 Å². The predicted molar refractivity (Wildman–Crippen MR) is 148 cm³/mol. The first kappa shape index (κ1) is 28.8. The van der Waals surface area contributed by atoms with Crippen LogP contribution in [0.15, 0.2) is 72.8 Å². The molecule has 0 radical (unpaired) electrons. The second kappa shape index (κ2) is 10.3. The molecule has 0 bridgehead atoms. The molecule has 1 atom stereocenters. The van der Waals surface area contributed by atoms with Crippen molar-refractivity contribution in [2.24, 2.45) is 0 Å². The minimum atomic E-state index is -4.92. The molecule has 216 valence electrons. The SMILES string of the molecule is CC1(O)CN(c2cccc(CC3(c4cccc(OC(F)(F)F)c4)CN(CI(O)C(F)(F)F)c4ccccc43)c2)C1. The Morgan fingerprint density at radius 2 is 1.60 bits per heavy atom. The Morgan fingerprint density at radius 3 is 2.27 bits per heavy atom. The Balaban J connectivity index is 1.59. The van der Waals surface area contributed by atoms with E-state index in [0.29, 0.717) is 29.9 Å². The molecule has 5 rings (SSSR count). The van der Waals surface area contributed by atoms with Crippen molar-refractivity contribution >= 4 is 31.6 Å². The number of halogens is 7. The summed E-state index contributed by atoms with van der Waals surface area (Å²) in [4.78, 5) is 3.50. The van der Waals surface area contributed by atoms with Gasteiger partial charge in [0.05, 0.1) is 0 Å². The molecule has 2 N–H and O–H groups in total. The second-order valence-electron chi connectivity index (χ2n) is 10.5. The minimum absolute atomic E-state index is 0.0229. The molecular weight excluding hydrogens is 653 g/mol. The Kier molecular flexibility index (Phi) is 7.41. The van der Waals surface area contributed by atoms with E-state index >= 15 is 0 Å². The summed E-state index contributed by atoms with van der Waals surface area (Å²) < 4.78 is 88.5. The molecule has 0 amide bonds. The molecule has 12 heteroatoms. The van der Waals surface area contributed by atoms with Gasteiger partial charge in [-0.15, -0.1) is 0 Å². The summed E-state index contributed by atoms with van der Waals surface area (Å²) in [5.41, 5.74) is 1.44. The topological polar surface area (TPSA) is 56.2 Å². The third-order valence-electron chi connectivity index (χ3n) is 7.19. The third kappa shape index (κ3) is 5.98. The van der Waals surface area contributed by atoms with Gasteiger partial charge >= 0.3 is 235 Å². The molecular formula is C28H27F6IN2O3. The number of benzene rings is 3. The van der Waals surface area contributed by atoms with Gasteiger partial charge in [-0.3, -0.25) is 0 Å². The molecule has 1 unspecified atom stereocenters. The molecule has 0 saturated carbocycles. The van der Waals surface area contributed by atoms with E-state index in [0.717, 1.165) is 11.3 Å². The fourth-order valence-corrected chi connectivity index (χ4v) is 7.40. The first-order valence-electron chi connectivity index (χ1n) is 12.3. The maximum absolute atomic E-state index is 13.4. The van der Waals surface area contributed by atoms with Gasteiger partial charge in [0.25, 0.3) is 0 Å². The fraction of sp³-hybridized carbons (Fsp3) is 0.357. The summed E-state index contributed by atoms with van der Waals surface area (Å²) in [5.74, 6) is -0.428. The van der Waals surface area contributed by atoms with Crippen LogP contribution in [-0.4, -0.2) is 48.9 Å². The number of alkyl halides is 8. The van der Waals surface area contributed by atoms with Gasteiger partial charge in [0.15, 0.2) is 0 Å². The zero-order chi connectivity index (χ0) is 28.9. The maximum atomic E-state index is 13.4. The van der Waals surface area contributed by atoms with Crippen molar-refractivity contribution in [2.45, 2.75) is 34.9 Å². The van der Waals surface area contributed by atoms with E-state index < -0.39 is 52.1 Å². The standard InChI is InChI=1S/C28H27F6IN2O3/c1-25(38)15-36(16-25)21-8-4-6-19(12-21)14-26(20-7-5-9-22(13-20)40-28(32,33)34)17-37(18-35(39)27(29,30)31)24-11-3-2-10-23(24)26/h2-13,38-39H,14-18H2,1H3. The van der Waals surface area contributed by atoms with Crippen molar-refractivity contribution in [3.05, 3.63) is 89.5 Å². The van der Waals surface area contributed by atoms with Crippen LogP contribution in [0, 0.1) is 0 Å². The molecule has 1 saturated heterocycles. The Labute approximate surface area is 234 Å². The van der Waals surface area contributed by atoms with Crippen molar-refractivity contribution < 1.29 is 39.6 Å². The summed E-state index contributed by atoms with van der Waals surface area (Å²) >= 11 is -4.39. The molecule has 3 aromatic rings. The van der Waals surface area contributed by atoms with Gasteiger partial charge in [-0.2, -0.15) is 0 Å². The van der Waals surface area contributed by atoms with Crippen molar-refractivity contribution in [3.8, 4) is 5.75 Å². The van der Waals surface area contributed by atoms with E-state index in [1.54, 1.807) is 37.3 Å².